The molecule has 18 heavy (non-hydrogen) atoms. The zero-order valence-corrected chi connectivity index (χ0v) is 12.1. The topological polar surface area (TPSA) is 35.2 Å². The summed E-state index contributed by atoms with van der Waals surface area (Å²) in [7, 11) is 0. The van der Waals surface area contributed by atoms with Crippen molar-refractivity contribution in [1.29, 1.82) is 0 Å². The van der Waals surface area contributed by atoms with Gasteiger partial charge in [-0.2, -0.15) is 0 Å². The molecule has 0 fully saturated rings. The van der Waals surface area contributed by atoms with Gasteiger partial charge in [-0.25, -0.2) is 0 Å². The number of ether oxygens (including phenoxy) is 1. The molecule has 0 aliphatic carbocycles. The molecule has 2 aromatic rings. The van der Waals surface area contributed by atoms with E-state index in [2.05, 4.69) is 0 Å². The molecule has 2 rings (SSSR count). The summed E-state index contributed by atoms with van der Waals surface area (Å²) < 4.78 is 6.53. The van der Waals surface area contributed by atoms with Gasteiger partial charge in [-0.3, -0.25) is 0 Å². The molecule has 0 unspecified atom stereocenters. The Hall–Kier alpha value is -0.740. The summed E-state index contributed by atoms with van der Waals surface area (Å²) in [6.07, 6.45) is 0. The van der Waals surface area contributed by atoms with Crippen molar-refractivity contribution in [2.45, 2.75) is 19.6 Å². The number of thiophene rings is 1. The minimum Gasteiger partial charge on any atom is -0.488 e. The van der Waals surface area contributed by atoms with E-state index in [0.717, 1.165) is 20.5 Å². The van der Waals surface area contributed by atoms with Gasteiger partial charge in [0.1, 0.15) is 12.4 Å². The Balaban J connectivity index is 2.13. The van der Waals surface area contributed by atoms with Gasteiger partial charge in [0.2, 0.25) is 0 Å². The van der Waals surface area contributed by atoms with Crippen LogP contribution < -0.4 is 10.5 Å². The maximum atomic E-state index is 5.95. The molecule has 96 valence electrons. The summed E-state index contributed by atoms with van der Waals surface area (Å²) in [5, 5.41) is 0.661. The first-order valence-electron chi connectivity index (χ1n) is 5.48. The second kappa shape index (κ2) is 5.93. The van der Waals surface area contributed by atoms with Gasteiger partial charge in [-0.05, 0) is 37.3 Å². The summed E-state index contributed by atoms with van der Waals surface area (Å²) in [5.74, 6) is 0.763. The smallest absolute Gasteiger partial charge is 0.124 e. The van der Waals surface area contributed by atoms with E-state index in [4.69, 9.17) is 33.7 Å². The van der Waals surface area contributed by atoms with Crippen molar-refractivity contribution in [3.8, 4) is 5.75 Å². The molecule has 1 atom stereocenters. The Bertz CT molecular complexity index is 540. The molecule has 5 heteroatoms. The SMILES string of the molecule is C[C@@H](N)c1cc(Cl)ccc1OCc1ccc(Cl)s1. The van der Waals surface area contributed by atoms with E-state index in [0.29, 0.717) is 11.6 Å². The predicted octanol–water partition coefficient (Wildman–Crippen LogP) is 4.65. The molecule has 0 radical (unpaired) electrons. The molecule has 0 bridgehead atoms. The van der Waals surface area contributed by atoms with E-state index in [1.807, 2.05) is 31.2 Å². The van der Waals surface area contributed by atoms with Crippen LogP contribution in [-0.2, 0) is 6.61 Å². The van der Waals surface area contributed by atoms with Crippen LogP contribution in [-0.4, -0.2) is 0 Å². The van der Waals surface area contributed by atoms with Crippen molar-refractivity contribution < 1.29 is 4.74 Å². The van der Waals surface area contributed by atoms with Crippen LogP contribution in [0, 0.1) is 0 Å². The van der Waals surface area contributed by atoms with E-state index in [1.165, 1.54) is 11.3 Å². The molecule has 0 saturated carbocycles. The fraction of sp³-hybridized carbons (Fsp3) is 0.231. The Morgan fingerprint density at radius 3 is 2.67 bits per heavy atom. The summed E-state index contributed by atoms with van der Waals surface area (Å²) in [4.78, 5) is 1.07. The molecule has 1 aromatic carbocycles. The fourth-order valence-corrected chi connectivity index (χ4v) is 2.77. The average Bonchev–Trinajstić information content (AvgIpc) is 2.73. The van der Waals surface area contributed by atoms with Gasteiger partial charge in [-0.1, -0.05) is 23.2 Å². The monoisotopic (exact) mass is 301 g/mol. The van der Waals surface area contributed by atoms with Crippen LogP contribution in [0.1, 0.15) is 23.4 Å². The van der Waals surface area contributed by atoms with Crippen LogP contribution in [0.4, 0.5) is 0 Å². The number of rotatable bonds is 4. The highest BCUT2D eigenvalue weighted by atomic mass is 35.5. The van der Waals surface area contributed by atoms with E-state index in [-0.39, 0.29) is 6.04 Å². The van der Waals surface area contributed by atoms with Crippen molar-refractivity contribution in [3.63, 3.8) is 0 Å². The van der Waals surface area contributed by atoms with Crippen molar-refractivity contribution in [3.05, 3.63) is 50.1 Å². The molecule has 1 heterocycles. The number of nitrogens with two attached hydrogens (primary N) is 1. The molecular formula is C13H13Cl2NOS. The number of hydrogen-bond donors (Lipinski definition) is 1. The van der Waals surface area contributed by atoms with E-state index in [9.17, 15) is 0 Å². The molecule has 0 aliphatic rings. The Morgan fingerprint density at radius 2 is 2.06 bits per heavy atom. The molecule has 0 saturated heterocycles. The lowest BCUT2D eigenvalue weighted by molar-refractivity contribution is 0.305. The van der Waals surface area contributed by atoms with Gasteiger partial charge in [0, 0.05) is 21.5 Å². The number of hydrogen-bond acceptors (Lipinski definition) is 3. The van der Waals surface area contributed by atoms with Crippen molar-refractivity contribution in [1.82, 2.24) is 0 Å². The third-order valence-electron chi connectivity index (χ3n) is 2.46. The summed E-state index contributed by atoms with van der Waals surface area (Å²) in [6.45, 7) is 2.39. The maximum Gasteiger partial charge on any atom is 0.124 e. The van der Waals surface area contributed by atoms with Gasteiger partial charge in [0.15, 0.2) is 0 Å². The lowest BCUT2D eigenvalue weighted by Gasteiger charge is -2.13. The Morgan fingerprint density at radius 1 is 1.28 bits per heavy atom. The van der Waals surface area contributed by atoms with Crippen LogP contribution in [0.25, 0.3) is 0 Å². The minimum atomic E-state index is -0.120. The highest BCUT2D eigenvalue weighted by molar-refractivity contribution is 7.16. The van der Waals surface area contributed by atoms with E-state index in [1.54, 1.807) is 6.07 Å². The normalized spacial score (nSPS) is 12.4. The van der Waals surface area contributed by atoms with Crippen molar-refractivity contribution >= 4 is 34.5 Å². The molecule has 2 nitrogen and oxygen atoms in total. The zero-order chi connectivity index (χ0) is 13.1. The first kappa shape index (κ1) is 13.7. The minimum absolute atomic E-state index is 0.120. The lowest BCUT2D eigenvalue weighted by Crippen LogP contribution is -2.07. The summed E-state index contributed by atoms with van der Waals surface area (Å²) >= 11 is 13.3. The van der Waals surface area contributed by atoms with Crippen LogP contribution >= 0.6 is 34.5 Å². The summed E-state index contributed by atoms with van der Waals surface area (Å²) in [6, 6.07) is 9.17. The zero-order valence-electron chi connectivity index (χ0n) is 9.82. The number of benzene rings is 1. The van der Waals surface area contributed by atoms with Gasteiger partial charge < -0.3 is 10.5 Å². The van der Waals surface area contributed by atoms with Gasteiger partial charge >= 0.3 is 0 Å². The van der Waals surface area contributed by atoms with E-state index < -0.39 is 0 Å². The first-order chi connectivity index (χ1) is 8.56. The van der Waals surface area contributed by atoms with Gasteiger partial charge in [-0.15, -0.1) is 11.3 Å². The quantitative estimate of drug-likeness (QED) is 0.892. The molecule has 2 N–H and O–H groups in total. The first-order valence-corrected chi connectivity index (χ1v) is 7.05. The lowest BCUT2D eigenvalue weighted by atomic mass is 10.1. The summed E-state index contributed by atoms with van der Waals surface area (Å²) in [5.41, 5.74) is 6.81. The van der Waals surface area contributed by atoms with Crippen LogP contribution in [0.5, 0.6) is 5.75 Å². The van der Waals surface area contributed by atoms with Crippen LogP contribution in [0.3, 0.4) is 0 Å². The van der Waals surface area contributed by atoms with Crippen LogP contribution in [0.15, 0.2) is 30.3 Å². The molecule has 0 amide bonds. The fourth-order valence-electron chi connectivity index (χ4n) is 1.58. The largest absolute Gasteiger partial charge is 0.488 e. The maximum absolute atomic E-state index is 5.95. The Labute approximate surface area is 120 Å². The number of halogens is 2. The highest BCUT2D eigenvalue weighted by Gasteiger charge is 2.09. The predicted molar refractivity (Wildman–Crippen MR) is 77.7 cm³/mol. The van der Waals surface area contributed by atoms with Crippen LogP contribution in [0.2, 0.25) is 9.36 Å². The van der Waals surface area contributed by atoms with E-state index >= 15 is 0 Å². The molecule has 0 spiro atoms. The molecule has 1 aromatic heterocycles. The van der Waals surface area contributed by atoms with Crippen molar-refractivity contribution in [2.75, 3.05) is 0 Å². The second-order valence-corrected chi connectivity index (χ2v) is 6.20. The average molecular weight is 302 g/mol. The van der Waals surface area contributed by atoms with Gasteiger partial charge in [0.25, 0.3) is 0 Å². The highest BCUT2D eigenvalue weighted by Crippen LogP contribution is 2.29. The van der Waals surface area contributed by atoms with Gasteiger partial charge in [0.05, 0.1) is 4.34 Å². The third-order valence-corrected chi connectivity index (χ3v) is 3.90. The molecule has 0 aliphatic heterocycles. The Kier molecular flexibility index (Phi) is 4.51. The van der Waals surface area contributed by atoms with Crippen molar-refractivity contribution in [2.24, 2.45) is 5.73 Å². The third kappa shape index (κ3) is 3.39. The standard InChI is InChI=1S/C13H13Cl2NOS/c1-8(16)11-6-9(14)2-4-12(11)17-7-10-3-5-13(15)18-10/h2-6,8H,7,16H2,1H3/t8-/m1/s1. The second-order valence-electron chi connectivity index (χ2n) is 3.97. The molecular weight excluding hydrogens is 289 g/mol.